The zero-order valence-electron chi connectivity index (χ0n) is 12.4. The molecular weight excluding hydrogens is 303 g/mol. The lowest BCUT2D eigenvalue weighted by Gasteiger charge is -2.20. The molecule has 1 aromatic rings. The van der Waals surface area contributed by atoms with E-state index in [4.69, 9.17) is 4.74 Å². The maximum atomic E-state index is 12.1. The van der Waals surface area contributed by atoms with Crippen LogP contribution in [0.5, 0.6) is 5.75 Å². The van der Waals surface area contributed by atoms with Crippen molar-refractivity contribution < 1.29 is 32.5 Å². The van der Waals surface area contributed by atoms with Gasteiger partial charge < -0.3 is 19.9 Å². The predicted molar refractivity (Wildman–Crippen MR) is 72.3 cm³/mol. The number of alkyl halides is 3. The van der Waals surface area contributed by atoms with Gasteiger partial charge in [-0.1, -0.05) is 12.1 Å². The Hall–Kier alpha value is -1.96. The first-order valence-electron chi connectivity index (χ1n) is 6.47. The second kappa shape index (κ2) is 6.87. The van der Waals surface area contributed by atoms with E-state index in [-0.39, 0.29) is 12.1 Å². The largest absolute Gasteiger partial charge is 0.573 e. The van der Waals surface area contributed by atoms with Crippen LogP contribution >= 0.6 is 0 Å². The Morgan fingerprint density at radius 1 is 1.32 bits per heavy atom. The van der Waals surface area contributed by atoms with Gasteiger partial charge in [0.15, 0.2) is 0 Å². The maximum absolute atomic E-state index is 12.1. The number of rotatable bonds is 4. The molecule has 0 bridgehead atoms. The molecule has 0 saturated heterocycles. The molecule has 124 valence electrons. The summed E-state index contributed by atoms with van der Waals surface area (Å²) in [5.41, 5.74) is -0.506. The molecule has 0 spiro atoms. The Balaban J connectivity index is 2.61. The van der Waals surface area contributed by atoms with Crippen molar-refractivity contribution in [3.8, 4) is 5.75 Å². The summed E-state index contributed by atoms with van der Waals surface area (Å²) in [6.45, 7) is 4.84. The number of aliphatic hydroxyl groups excluding tert-OH is 1. The van der Waals surface area contributed by atoms with Crippen LogP contribution in [0.2, 0.25) is 0 Å². The highest BCUT2D eigenvalue weighted by Crippen LogP contribution is 2.25. The van der Waals surface area contributed by atoms with Crippen LogP contribution in [0.1, 0.15) is 32.4 Å². The van der Waals surface area contributed by atoms with Gasteiger partial charge in [0.05, 0.1) is 12.6 Å². The fourth-order valence-corrected chi connectivity index (χ4v) is 1.53. The number of carbonyl (C=O) groups is 1. The van der Waals surface area contributed by atoms with E-state index in [0.717, 1.165) is 12.1 Å². The molecule has 0 radical (unpaired) electrons. The number of hydrogen-bond acceptors (Lipinski definition) is 4. The van der Waals surface area contributed by atoms with Crippen molar-refractivity contribution in [1.29, 1.82) is 0 Å². The molecule has 0 fully saturated rings. The van der Waals surface area contributed by atoms with Gasteiger partial charge in [-0.2, -0.15) is 0 Å². The zero-order valence-corrected chi connectivity index (χ0v) is 12.4. The first-order valence-corrected chi connectivity index (χ1v) is 6.47. The Morgan fingerprint density at radius 2 is 1.95 bits per heavy atom. The van der Waals surface area contributed by atoms with E-state index in [2.05, 4.69) is 10.1 Å². The van der Waals surface area contributed by atoms with Gasteiger partial charge in [0.25, 0.3) is 0 Å². The van der Waals surface area contributed by atoms with E-state index in [1.807, 2.05) is 0 Å². The minimum Gasteiger partial charge on any atom is -0.444 e. The number of carbonyl (C=O) groups excluding carboxylic acids is 1. The second-order valence-electron chi connectivity index (χ2n) is 5.52. The molecule has 1 rings (SSSR count). The normalized spacial score (nSPS) is 13.4. The van der Waals surface area contributed by atoms with Crippen LogP contribution in [0.3, 0.4) is 0 Å². The van der Waals surface area contributed by atoms with Crippen molar-refractivity contribution >= 4 is 6.09 Å². The Bertz CT molecular complexity index is 512. The quantitative estimate of drug-likeness (QED) is 0.894. The van der Waals surface area contributed by atoms with Crippen LogP contribution < -0.4 is 10.1 Å². The Labute approximate surface area is 126 Å². The van der Waals surface area contributed by atoms with Gasteiger partial charge in [0.2, 0.25) is 0 Å². The summed E-state index contributed by atoms with van der Waals surface area (Å²) in [4.78, 5) is 11.4. The summed E-state index contributed by atoms with van der Waals surface area (Å²) < 4.78 is 45.1. The monoisotopic (exact) mass is 321 g/mol. The number of halogens is 3. The minimum absolute atomic E-state index is 0.179. The molecule has 1 amide bonds. The average Bonchev–Trinajstić information content (AvgIpc) is 2.32. The number of benzene rings is 1. The maximum Gasteiger partial charge on any atom is 0.573 e. The third kappa shape index (κ3) is 7.16. The van der Waals surface area contributed by atoms with Crippen LogP contribution in [0.4, 0.5) is 18.0 Å². The molecule has 0 aromatic heterocycles. The summed E-state index contributed by atoms with van der Waals surface area (Å²) in [5.74, 6) is -0.443. The molecule has 1 aromatic carbocycles. The molecule has 2 N–H and O–H groups in total. The van der Waals surface area contributed by atoms with E-state index in [0.29, 0.717) is 0 Å². The van der Waals surface area contributed by atoms with Crippen molar-refractivity contribution in [1.82, 2.24) is 5.32 Å². The van der Waals surface area contributed by atoms with Crippen molar-refractivity contribution in [2.45, 2.75) is 38.8 Å². The molecule has 5 nitrogen and oxygen atoms in total. The highest BCUT2D eigenvalue weighted by molar-refractivity contribution is 5.67. The molecule has 0 aliphatic carbocycles. The summed E-state index contributed by atoms with van der Waals surface area (Å²) >= 11 is 0. The highest BCUT2D eigenvalue weighted by atomic mass is 19.4. The highest BCUT2D eigenvalue weighted by Gasteiger charge is 2.31. The van der Waals surface area contributed by atoms with Gasteiger partial charge in [-0.15, -0.1) is 13.2 Å². The third-order valence-corrected chi connectivity index (χ3v) is 2.32. The van der Waals surface area contributed by atoms with Crippen LogP contribution in [0.25, 0.3) is 0 Å². The molecule has 1 atom stereocenters. The summed E-state index contributed by atoms with van der Waals surface area (Å²) in [6, 6.07) is 4.90. The molecular formula is C14H18F3NO4. The first kappa shape index (κ1) is 18.1. The second-order valence-corrected chi connectivity index (χ2v) is 5.52. The Morgan fingerprint density at radius 3 is 2.50 bits per heavy atom. The van der Waals surface area contributed by atoms with Gasteiger partial charge in [-0.3, -0.25) is 0 Å². The minimum atomic E-state index is -4.81. The summed E-state index contributed by atoms with van der Waals surface area (Å²) in [7, 11) is 0. The molecule has 0 aliphatic heterocycles. The van der Waals surface area contributed by atoms with E-state index in [1.165, 1.54) is 12.1 Å². The topological polar surface area (TPSA) is 67.8 Å². The number of aliphatic hydroxyl groups is 1. The van der Waals surface area contributed by atoms with Crippen LogP contribution in [0, 0.1) is 0 Å². The third-order valence-electron chi connectivity index (χ3n) is 2.32. The summed E-state index contributed by atoms with van der Waals surface area (Å²) in [6.07, 6.45) is -6.73. The van der Waals surface area contributed by atoms with E-state index >= 15 is 0 Å². The fourth-order valence-electron chi connectivity index (χ4n) is 1.53. The van der Waals surface area contributed by atoms with Gasteiger partial charge >= 0.3 is 12.5 Å². The molecule has 1 unspecified atom stereocenters. The summed E-state index contributed by atoms with van der Waals surface area (Å²) in [5, 5.41) is 12.2. The molecule has 22 heavy (non-hydrogen) atoms. The zero-order chi connectivity index (χ0) is 17.0. The lowest BCUT2D eigenvalue weighted by atomic mass is 10.1. The van der Waals surface area contributed by atoms with Crippen LogP contribution in [-0.4, -0.2) is 29.7 Å². The van der Waals surface area contributed by atoms with E-state index in [1.54, 1.807) is 20.8 Å². The lowest BCUT2D eigenvalue weighted by molar-refractivity contribution is -0.274. The molecule has 0 heterocycles. The van der Waals surface area contributed by atoms with Crippen LogP contribution in [0.15, 0.2) is 24.3 Å². The van der Waals surface area contributed by atoms with Crippen molar-refractivity contribution in [3.05, 3.63) is 29.8 Å². The smallest absolute Gasteiger partial charge is 0.444 e. The molecule has 0 saturated carbocycles. The van der Waals surface area contributed by atoms with Gasteiger partial charge in [0, 0.05) is 0 Å². The number of nitrogens with one attached hydrogen (secondary N) is 1. The molecule has 8 heteroatoms. The predicted octanol–water partition coefficient (Wildman–Crippen LogP) is 3.14. The number of amides is 1. The van der Waals surface area contributed by atoms with Gasteiger partial charge in [-0.25, -0.2) is 4.79 Å². The van der Waals surface area contributed by atoms with E-state index in [9.17, 15) is 23.1 Å². The van der Waals surface area contributed by atoms with Gasteiger partial charge in [0.1, 0.15) is 11.4 Å². The standard InChI is InChI=1S/C14H18F3NO4/c1-13(2,3)22-12(20)18-8-11(19)9-5-4-6-10(7-9)21-14(15,16)17/h4-7,11,19H,8H2,1-3H3,(H,18,20). The number of alkyl carbamates (subject to hydrolysis) is 1. The fraction of sp³-hybridized carbons (Fsp3) is 0.500. The van der Waals surface area contributed by atoms with E-state index < -0.39 is 29.9 Å². The molecule has 0 aliphatic rings. The average molecular weight is 321 g/mol. The van der Waals surface area contributed by atoms with Crippen molar-refractivity contribution in [2.75, 3.05) is 6.54 Å². The SMILES string of the molecule is CC(C)(C)OC(=O)NCC(O)c1cccc(OC(F)(F)F)c1. The lowest BCUT2D eigenvalue weighted by Crippen LogP contribution is -2.34. The Kier molecular flexibility index (Phi) is 5.65. The van der Waals surface area contributed by atoms with Crippen molar-refractivity contribution in [3.63, 3.8) is 0 Å². The number of hydrogen-bond donors (Lipinski definition) is 2. The van der Waals surface area contributed by atoms with Crippen molar-refractivity contribution in [2.24, 2.45) is 0 Å². The van der Waals surface area contributed by atoms with Crippen LogP contribution in [-0.2, 0) is 4.74 Å². The number of ether oxygens (including phenoxy) is 2. The first-order chi connectivity index (χ1) is 9.96. The van der Waals surface area contributed by atoms with Gasteiger partial charge in [-0.05, 0) is 38.5 Å².